The van der Waals surface area contributed by atoms with E-state index in [-0.39, 0.29) is 10.3 Å². The van der Waals surface area contributed by atoms with E-state index >= 15 is 0 Å². The second kappa shape index (κ2) is 7.67. The quantitative estimate of drug-likeness (QED) is 0.873. The van der Waals surface area contributed by atoms with Crippen LogP contribution in [-0.2, 0) is 6.54 Å². The zero-order chi connectivity index (χ0) is 16.2. The third-order valence-corrected chi connectivity index (χ3v) is 5.66. The number of aliphatic hydroxyl groups excluding tert-OH is 1. The number of rotatable bonds is 4. The highest BCUT2D eigenvalue weighted by molar-refractivity contribution is 8.00. The van der Waals surface area contributed by atoms with E-state index in [1.165, 1.54) is 11.0 Å². The van der Waals surface area contributed by atoms with Crippen LogP contribution in [0.1, 0.15) is 18.4 Å². The van der Waals surface area contributed by atoms with Crippen molar-refractivity contribution in [3.63, 3.8) is 0 Å². The number of nitrogens with zero attached hydrogens (tertiary/aromatic N) is 1. The van der Waals surface area contributed by atoms with Crippen LogP contribution in [0.3, 0.4) is 0 Å². The summed E-state index contributed by atoms with van der Waals surface area (Å²) in [5.41, 5.74) is 0.917. The van der Waals surface area contributed by atoms with E-state index < -0.39 is 12.0 Å². The summed E-state index contributed by atoms with van der Waals surface area (Å²) in [6.45, 7) is 1.41. The Bertz CT molecular complexity index is 655. The predicted molar refractivity (Wildman–Crippen MR) is 93.1 cm³/mol. The Morgan fingerprint density at radius 1 is 1.22 bits per heavy atom. The van der Waals surface area contributed by atoms with Gasteiger partial charge in [0.25, 0.3) is 0 Å². The Hall–Kier alpha value is -1.07. The normalized spacial score (nSPS) is 22.2. The third kappa shape index (κ3) is 4.27. The molecule has 1 saturated heterocycles. The van der Waals surface area contributed by atoms with Crippen molar-refractivity contribution in [2.24, 2.45) is 0 Å². The van der Waals surface area contributed by atoms with Crippen LogP contribution in [0, 0.1) is 5.82 Å². The molecule has 0 aliphatic carbocycles. The number of benzene rings is 2. The van der Waals surface area contributed by atoms with Crippen LogP contribution in [0.5, 0.6) is 0 Å². The van der Waals surface area contributed by atoms with Crippen molar-refractivity contribution in [2.75, 3.05) is 6.54 Å². The molecule has 2 nitrogen and oxygen atoms in total. The van der Waals surface area contributed by atoms with Gasteiger partial charge in [0, 0.05) is 23.2 Å². The minimum atomic E-state index is -0.516. The largest absolute Gasteiger partial charge is 0.377 e. The maximum Gasteiger partial charge on any atom is 0.141 e. The van der Waals surface area contributed by atoms with E-state index in [2.05, 4.69) is 12.1 Å². The SMILES string of the molecule is OC1C(Sc2ccccc2)CCCN1Cc1ccc(F)c(Cl)c1. The van der Waals surface area contributed by atoms with Gasteiger partial charge in [-0.2, -0.15) is 0 Å². The Labute approximate surface area is 145 Å². The lowest BCUT2D eigenvalue weighted by Crippen LogP contribution is -2.46. The fourth-order valence-electron chi connectivity index (χ4n) is 2.85. The van der Waals surface area contributed by atoms with Crippen molar-refractivity contribution in [3.05, 3.63) is 64.9 Å². The Morgan fingerprint density at radius 2 is 2.00 bits per heavy atom. The number of thioether (sulfide) groups is 1. The van der Waals surface area contributed by atoms with Gasteiger partial charge in [0.05, 0.1) is 5.02 Å². The first-order chi connectivity index (χ1) is 11.1. The van der Waals surface area contributed by atoms with E-state index in [0.717, 1.165) is 24.9 Å². The molecule has 2 unspecified atom stereocenters. The van der Waals surface area contributed by atoms with E-state index in [1.807, 2.05) is 23.1 Å². The zero-order valence-corrected chi connectivity index (χ0v) is 14.2. The molecule has 1 heterocycles. The average Bonchev–Trinajstić information content (AvgIpc) is 2.56. The van der Waals surface area contributed by atoms with Gasteiger partial charge in [-0.15, -0.1) is 11.8 Å². The minimum absolute atomic E-state index is 0.129. The molecule has 1 aliphatic rings. The van der Waals surface area contributed by atoms with E-state index in [1.54, 1.807) is 23.9 Å². The van der Waals surface area contributed by atoms with Crippen molar-refractivity contribution in [1.82, 2.24) is 4.90 Å². The standard InChI is InChI=1S/C18H19ClFNOS/c19-15-11-13(8-9-16(15)20)12-21-10-4-7-17(18(21)22)23-14-5-2-1-3-6-14/h1-3,5-6,8-9,11,17-18,22H,4,7,10,12H2. The molecule has 1 aliphatic heterocycles. The second-order valence-electron chi connectivity index (χ2n) is 5.74. The van der Waals surface area contributed by atoms with Crippen LogP contribution in [0.15, 0.2) is 53.4 Å². The third-order valence-electron chi connectivity index (χ3n) is 4.04. The van der Waals surface area contributed by atoms with Crippen molar-refractivity contribution in [1.29, 1.82) is 0 Å². The summed E-state index contributed by atoms with van der Waals surface area (Å²) in [4.78, 5) is 3.21. The van der Waals surface area contributed by atoms with Crippen LogP contribution < -0.4 is 0 Å². The highest BCUT2D eigenvalue weighted by Gasteiger charge is 2.30. The Kier molecular flexibility index (Phi) is 5.59. The summed E-state index contributed by atoms with van der Waals surface area (Å²) in [6, 6.07) is 14.9. The summed E-state index contributed by atoms with van der Waals surface area (Å²) in [7, 11) is 0. The lowest BCUT2D eigenvalue weighted by molar-refractivity contribution is -0.0238. The van der Waals surface area contributed by atoms with Crippen molar-refractivity contribution < 1.29 is 9.50 Å². The first kappa shape index (κ1) is 16.8. The van der Waals surface area contributed by atoms with Gasteiger partial charge in [-0.05, 0) is 42.7 Å². The molecular formula is C18H19ClFNOS. The van der Waals surface area contributed by atoms with Crippen LogP contribution in [0.2, 0.25) is 5.02 Å². The number of aliphatic hydroxyl groups is 1. The maximum absolute atomic E-state index is 13.3. The molecule has 0 saturated carbocycles. The molecule has 2 aromatic rings. The topological polar surface area (TPSA) is 23.5 Å². The van der Waals surface area contributed by atoms with Gasteiger partial charge in [0.1, 0.15) is 12.0 Å². The van der Waals surface area contributed by atoms with Gasteiger partial charge < -0.3 is 5.11 Å². The summed E-state index contributed by atoms with van der Waals surface area (Å²) in [5, 5.41) is 10.9. The predicted octanol–water partition coefficient (Wildman–Crippen LogP) is 4.55. The number of likely N-dealkylation sites (tertiary alicyclic amines) is 1. The van der Waals surface area contributed by atoms with Gasteiger partial charge >= 0.3 is 0 Å². The second-order valence-corrected chi connectivity index (χ2v) is 7.46. The summed E-state index contributed by atoms with van der Waals surface area (Å²) < 4.78 is 13.3. The fraction of sp³-hybridized carbons (Fsp3) is 0.333. The van der Waals surface area contributed by atoms with Crippen LogP contribution >= 0.6 is 23.4 Å². The molecule has 1 fully saturated rings. The molecule has 0 spiro atoms. The van der Waals surface area contributed by atoms with Crippen LogP contribution in [-0.4, -0.2) is 28.0 Å². The highest BCUT2D eigenvalue weighted by Crippen LogP contribution is 2.33. The molecule has 5 heteroatoms. The molecular weight excluding hydrogens is 333 g/mol. The molecule has 0 aromatic heterocycles. The number of hydrogen-bond donors (Lipinski definition) is 1. The number of hydrogen-bond acceptors (Lipinski definition) is 3. The van der Waals surface area contributed by atoms with E-state index in [4.69, 9.17) is 11.6 Å². The smallest absolute Gasteiger partial charge is 0.141 e. The number of piperidine rings is 1. The summed E-state index contributed by atoms with van der Waals surface area (Å²) in [5.74, 6) is -0.410. The first-order valence-corrected chi connectivity index (χ1v) is 8.97. The summed E-state index contributed by atoms with van der Waals surface area (Å²) >= 11 is 7.56. The maximum atomic E-state index is 13.3. The van der Waals surface area contributed by atoms with Crippen molar-refractivity contribution >= 4 is 23.4 Å². The molecule has 0 amide bonds. The van der Waals surface area contributed by atoms with Crippen molar-refractivity contribution in [2.45, 2.75) is 35.8 Å². The highest BCUT2D eigenvalue weighted by atomic mass is 35.5. The molecule has 2 aromatic carbocycles. The van der Waals surface area contributed by atoms with Gasteiger partial charge in [-0.1, -0.05) is 35.9 Å². The van der Waals surface area contributed by atoms with Gasteiger partial charge in [0.2, 0.25) is 0 Å². The zero-order valence-electron chi connectivity index (χ0n) is 12.7. The van der Waals surface area contributed by atoms with Crippen LogP contribution in [0.25, 0.3) is 0 Å². The monoisotopic (exact) mass is 351 g/mol. The van der Waals surface area contributed by atoms with Crippen molar-refractivity contribution in [3.8, 4) is 0 Å². The molecule has 2 atom stereocenters. The fourth-order valence-corrected chi connectivity index (χ4v) is 4.30. The molecule has 0 bridgehead atoms. The molecule has 0 radical (unpaired) electrons. The molecule has 122 valence electrons. The van der Waals surface area contributed by atoms with Gasteiger partial charge in [0.15, 0.2) is 0 Å². The number of halogens is 2. The molecule has 1 N–H and O–H groups in total. The first-order valence-electron chi connectivity index (χ1n) is 7.71. The van der Waals surface area contributed by atoms with E-state index in [0.29, 0.717) is 6.54 Å². The Balaban J connectivity index is 1.67. The molecule has 23 heavy (non-hydrogen) atoms. The lowest BCUT2D eigenvalue weighted by Gasteiger charge is -2.37. The van der Waals surface area contributed by atoms with Crippen LogP contribution in [0.4, 0.5) is 4.39 Å². The Morgan fingerprint density at radius 3 is 2.74 bits per heavy atom. The van der Waals surface area contributed by atoms with Gasteiger partial charge in [-0.3, -0.25) is 4.90 Å². The molecule has 3 rings (SSSR count). The average molecular weight is 352 g/mol. The summed E-state index contributed by atoms with van der Waals surface area (Å²) in [6.07, 6.45) is 1.51. The van der Waals surface area contributed by atoms with Gasteiger partial charge in [-0.25, -0.2) is 4.39 Å². The minimum Gasteiger partial charge on any atom is -0.377 e. The van der Waals surface area contributed by atoms with E-state index in [9.17, 15) is 9.50 Å². The lowest BCUT2D eigenvalue weighted by atomic mass is 10.1.